The van der Waals surface area contributed by atoms with Gasteiger partial charge in [-0.2, -0.15) is 8.78 Å². The van der Waals surface area contributed by atoms with Crippen molar-refractivity contribution in [2.45, 2.75) is 135 Å². The van der Waals surface area contributed by atoms with E-state index in [0.717, 1.165) is 50.9 Å². The summed E-state index contributed by atoms with van der Waals surface area (Å²) in [4.78, 5) is 7.72. The van der Waals surface area contributed by atoms with Crippen LogP contribution in [-0.4, -0.2) is 16.6 Å². The zero-order valence-electron chi connectivity index (χ0n) is 24.8. The van der Waals surface area contributed by atoms with Gasteiger partial charge in [-0.15, -0.1) is 0 Å². The summed E-state index contributed by atoms with van der Waals surface area (Å²) in [5.41, 5.74) is -0.179. The van der Waals surface area contributed by atoms with Crippen LogP contribution in [0.4, 0.5) is 17.6 Å². The zero-order chi connectivity index (χ0) is 29.1. The van der Waals surface area contributed by atoms with Crippen molar-refractivity contribution in [2.24, 2.45) is 11.8 Å². The van der Waals surface area contributed by atoms with Crippen molar-refractivity contribution in [3.63, 3.8) is 0 Å². The number of hydrogen-bond acceptors (Lipinski definition) is 3. The Hall–Kier alpha value is -2.18. The van der Waals surface area contributed by atoms with E-state index in [9.17, 15) is 4.39 Å². The summed E-state index contributed by atoms with van der Waals surface area (Å²) in [6.07, 6.45) is 19.6. The molecule has 2 aliphatic rings. The number of pyridine rings is 2. The SMILES string of the molecule is CCCCCCCCOc1ccc(-c2cc3c(c(F)n2)C(F)(F)C(CCCCCCCCCC2CC2)CC3)nc1F. The molecule has 7 heteroatoms. The van der Waals surface area contributed by atoms with Crippen molar-refractivity contribution in [3.05, 3.63) is 41.2 Å². The van der Waals surface area contributed by atoms with E-state index in [1.165, 1.54) is 76.0 Å². The van der Waals surface area contributed by atoms with Crippen molar-refractivity contribution in [2.75, 3.05) is 6.61 Å². The molecule has 0 radical (unpaired) electrons. The van der Waals surface area contributed by atoms with Gasteiger partial charge in [-0.3, -0.25) is 0 Å². The average Bonchev–Trinajstić information content (AvgIpc) is 3.77. The average molecular weight is 577 g/mol. The van der Waals surface area contributed by atoms with Gasteiger partial charge in [-0.05, 0) is 55.4 Å². The molecule has 1 fully saturated rings. The monoisotopic (exact) mass is 576 g/mol. The number of aromatic nitrogens is 2. The maximum absolute atomic E-state index is 15.4. The lowest BCUT2D eigenvalue weighted by atomic mass is 9.78. The van der Waals surface area contributed by atoms with E-state index in [2.05, 4.69) is 16.9 Å². The van der Waals surface area contributed by atoms with Crippen molar-refractivity contribution in [1.82, 2.24) is 9.97 Å². The summed E-state index contributed by atoms with van der Waals surface area (Å²) in [7, 11) is 0. The van der Waals surface area contributed by atoms with Crippen LogP contribution < -0.4 is 4.74 Å². The molecule has 0 saturated heterocycles. The highest BCUT2D eigenvalue weighted by Gasteiger charge is 2.47. The second-order valence-corrected chi connectivity index (χ2v) is 12.3. The number of fused-ring (bicyclic) bond motifs is 1. The van der Waals surface area contributed by atoms with Crippen LogP contribution in [-0.2, 0) is 12.3 Å². The molecule has 1 saturated carbocycles. The Morgan fingerprint density at radius 2 is 1.39 bits per heavy atom. The van der Waals surface area contributed by atoms with E-state index in [4.69, 9.17) is 4.74 Å². The summed E-state index contributed by atoms with van der Waals surface area (Å²) in [5.74, 6) is -5.10. The fourth-order valence-electron chi connectivity index (χ4n) is 6.13. The molecule has 3 nitrogen and oxygen atoms in total. The summed E-state index contributed by atoms with van der Waals surface area (Å²) in [6.45, 7) is 2.56. The Labute approximate surface area is 243 Å². The van der Waals surface area contributed by atoms with Gasteiger partial charge in [0.05, 0.1) is 23.6 Å². The van der Waals surface area contributed by atoms with E-state index in [0.29, 0.717) is 25.9 Å². The number of halogens is 4. The topological polar surface area (TPSA) is 35.0 Å². The van der Waals surface area contributed by atoms with Gasteiger partial charge in [-0.1, -0.05) is 103 Å². The number of hydrogen-bond donors (Lipinski definition) is 0. The highest BCUT2D eigenvalue weighted by Crippen LogP contribution is 2.48. The molecule has 2 aliphatic carbocycles. The molecule has 2 aromatic rings. The molecule has 0 N–H and O–H groups in total. The second kappa shape index (κ2) is 15.9. The van der Waals surface area contributed by atoms with Gasteiger partial charge in [0.15, 0.2) is 5.75 Å². The van der Waals surface area contributed by atoms with Gasteiger partial charge in [-0.25, -0.2) is 18.7 Å². The van der Waals surface area contributed by atoms with Crippen molar-refractivity contribution < 1.29 is 22.3 Å². The van der Waals surface area contributed by atoms with Crippen LogP contribution in [0.3, 0.4) is 0 Å². The van der Waals surface area contributed by atoms with Crippen molar-refractivity contribution in [1.29, 1.82) is 0 Å². The Morgan fingerprint density at radius 1 is 0.756 bits per heavy atom. The maximum atomic E-state index is 15.4. The first kappa shape index (κ1) is 31.7. The largest absolute Gasteiger partial charge is 0.489 e. The molecular formula is C34H48F4N2O. The third-order valence-electron chi connectivity index (χ3n) is 8.86. The number of ether oxygens (including phenoxy) is 1. The maximum Gasteiger partial charge on any atom is 0.280 e. The van der Waals surface area contributed by atoms with Crippen molar-refractivity contribution >= 4 is 0 Å². The van der Waals surface area contributed by atoms with Gasteiger partial charge in [0, 0.05) is 5.92 Å². The van der Waals surface area contributed by atoms with E-state index in [1.54, 1.807) is 0 Å². The van der Waals surface area contributed by atoms with E-state index in [-0.39, 0.29) is 22.7 Å². The molecule has 0 spiro atoms. The first-order valence-electron chi connectivity index (χ1n) is 16.3. The summed E-state index contributed by atoms with van der Waals surface area (Å²) >= 11 is 0. The quantitative estimate of drug-likeness (QED) is 0.0948. The molecule has 228 valence electrons. The highest BCUT2D eigenvalue weighted by atomic mass is 19.3. The molecule has 0 amide bonds. The summed E-state index contributed by atoms with van der Waals surface area (Å²) in [5, 5.41) is 0. The predicted octanol–water partition coefficient (Wildman–Crippen LogP) is 10.7. The van der Waals surface area contributed by atoms with E-state index >= 15 is 13.2 Å². The number of alkyl halides is 2. The summed E-state index contributed by atoms with van der Waals surface area (Å²) in [6, 6.07) is 4.40. The predicted molar refractivity (Wildman–Crippen MR) is 156 cm³/mol. The molecule has 4 rings (SSSR count). The number of rotatable bonds is 19. The van der Waals surface area contributed by atoms with E-state index in [1.807, 2.05) is 0 Å². The molecule has 2 heterocycles. The first-order valence-corrected chi connectivity index (χ1v) is 16.3. The summed E-state index contributed by atoms with van der Waals surface area (Å²) < 4.78 is 66.1. The minimum absolute atomic E-state index is 0.0312. The van der Waals surface area contributed by atoms with Crippen molar-refractivity contribution in [3.8, 4) is 17.1 Å². The second-order valence-electron chi connectivity index (χ2n) is 12.3. The lowest BCUT2D eigenvalue weighted by molar-refractivity contribution is -0.0824. The fraction of sp³-hybridized carbons (Fsp3) is 0.706. The Kier molecular flexibility index (Phi) is 12.3. The lowest BCUT2D eigenvalue weighted by Gasteiger charge is -2.33. The van der Waals surface area contributed by atoms with Crippen LogP contribution in [0.1, 0.15) is 134 Å². The first-order chi connectivity index (χ1) is 19.9. The number of unbranched alkanes of at least 4 members (excludes halogenated alkanes) is 11. The van der Waals surface area contributed by atoms with Crippen LogP contribution in [0, 0.1) is 23.7 Å². The van der Waals surface area contributed by atoms with Gasteiger partial charge in [0.1, 0.15) is 0 Å². The van der Waals surface area contributed by atoms with Crippen LogP contribution in [0.15, 0.2) is 18.2 Å². The zero-order valence-corrected chi connectivity index (χ0v) is 24.8. The van der Waals surface area contributed by atoms with Crippen LogP contribution >= 0.6 is 0 Å². The Bertz CT molecular complexity index is 1090. The van der Waals surface area contributed by atoms with Gasteiger partial charge < -0.3 is 4.74 Å². The molecule has 1 atom stereocenters. The van der Waals surface area contributed by atoms with Gasteiger partial charge >= 0.3 is 0 Å². The van der Waals surface area contributed by atoms with Gasteiger partial charge in [0.2, 0.25) is 5.95 Å². The molecule has 2 aromatic heterocycles. The highest BCUT2D eigenvalue weighted by molar-refractivity contribution is 5.57. The normalized spacial score (nSPS) is 17.9. The Morgan fingerprint density at radius 3 is 2.07 bits per heavy atom. The third kappa shape index (κ3) is 9.41. The molecule has 0 aromatic carbocycles. The fourth-order valence-corrected chi connectivity index (χ4v) is 6.13. The number of aryl methyl sites for hydroxylation is 1. The van der Waals surface area contributed by atoms with Gasteiger partial charge in [0.25, 0.3) is 11.9 Å². The smallest absolute Gasteiger partial charge is 0.280 e. The minimum atomic E-state index is -3.26. The number of nitrogens with zero attached hydrogens (tertiary/aromatic N) is 2. The Balaban J connectivity index is 1.26. The molecule has 0 aliphatic heterocycles. The van der Waals surface area contributed by atoms with Crippen LogP contribution in [0.25, 0.3) is 11.4 Å². The molecule has 0 bridgehead atoms. The van der Waals surface area contributed by atoms with Crippen LogP contribution in [0.2, 0.25) is 0 Å². The van der Waals surface area contributed by atoms with E-state index < -0.39 is 29.3 Å². The van der Waals surface area contributed by atoms with Crippen LogP contribution in [0.5, 0.6) is 5.75 Å². The minimum Gasteiger partial charge on any atom is -0.489 e. The molecule has 41 heavy (non-hydrogen) atoms. The standard InChI is InChI=1S/C34H48F4N2O/c1-2-3-4-5-11-14-23-41-30-22-21-28(39-32(30)35)29-24-26-19-20-27(34(37,38)31(26)33(36)40-29)16-13-10-8-6-7-9-12-15-25-17-18-25/h21-22,24-25,27H,2-20,23H2,1H3. The lowest BCUT2D eigenvalue weighted by Crippen LogP contribution is -2.33. The molecular weight excluding hydrogens is 528 g/mol. The molecule has 1 unspecified atom stereocenters. The third-order valence-corrected chi connectivity index (χ3v) is 8.86.